The predicted octanol–water partition coefficient (Wildman–Crippen LogP) is 3.44. The summed E-state index contributed by atoms with van der Waals surface area (Å²) in [5.41, 5.74) is 1.13. The third-order valence-electron chi connectivity index (χ3n) is 3.13. The number of hydrogen-bond acceptors (Lipinski definition) is 2. The molecule has 1 aromatic rings. The van der Waals surface area contributed by atoms with Crippen molar-refractivity contribution < 1.29 is 0 Å². The van der Waals surface area contributed by atoms with Crippen molar-refractivity contribution in [3.8, 4) is 0 Å². The van der Waals surface area contributed by atoms with E-state index in [0.717, 1.165) is 18.2 Å². The minimum atomic E-state index is 0.879. The Morgan fingerprint density at radius 3 is 2.75 bits per heavy atom. The Morgan fingerprint density at radius 2 is 2.19 bits per heavy atom. The van der Waals surface area contributed by atoms with Crippen LogP contribution in [-0.4, -0.2) is 16.3 Å². The van der Waals surface area contributed by atoms with Crippen LogP contribution in [0.25, 0.3) is 0 Å². The molecule has 0 aromatic carbocycles. The maximum atomic E-state index is 4.14. The van der Waals surface area contributed by atoms with Crippen molar-refractivity contribution in [2.24, 2.45) is 13.0 Å². The Labute approximate surface area is 99.2 Å². The molecule has 16 heavy (non-hydrogen) atoms. The summed E-state index contributed by atoms with van der Waals surface area (Å²) >= 11 is 0. The van der Waals surface area contributed by atoms with Crippen LogP contribution in [0.15, 0.2) is 12.4 Å². The molecule has 1 N–H and O–H groups in total. The summed E-state index contributed by atoms with van der Waals surface area (Å²) in [5.74, 6) is 0.879. The van der Waals surface area contributed by atoms with Crippen LogP contribution in [-0.2, 0) is 7.05 Å². The molecule has 0 saturated heterocycles. The van der Waals surface area contributed by atoms with Gasteiger partial charge in [-0.2, -0.15) is 5.10 Å². The number of unbranched alkanes of at least 4 members (excludes halogenated alkanes) is 1. The smallest absolute Gasteiger partial charge is 0.0726 e. The fourth-order valence-corrected chi connectivity index (χ4v) is 1.98. The van der Waals surface area contributed by atoms with E-state index in [9.17, 15) is 0 Å². The molecule has 0 bridgehead atoms. The second-order valence-electron chi connectivity index (χ2n) is 4.53. The Balaban J connectivity index is 2.17. The maximum Gasteiger partial charge on any atom is 0.0726 e. The van der Waals surface area contributed by atoms with E-state index in [1.54, 1.807) is 0 Å². The van der Waals surface area contributed by atoms with Crippen molar-refractivity contribution >= 4 is 5.69 Å². The highest BCUT2D eigenvalue weighted by molar-refractivity contribution is 5.37. The van der Waals surface area contributed by atoms with Gasteiger partial charge in [0.05, 0.1) is 11.9 Å². The van der Waals surface area contributed by atoms with Crippen molar-refractivity contribution in [1.82, 2.24) is 9.78 Å². The highest BCUT2D eigenvalue weighted by Gasteiger charge is 2.05. The van der Waals surface area contributed by atoms with Gasteiger partial charge < -0.3 is 5.32 Å². The van der Waals surface area contributed by atoms with Crippen LogP contribution in [0.4, 0.5) is 5.69 Å². The van der Waals surface area contributed by atoms with Crippen molar-refractivity contribution in [2.75, 3.05) is 11.9 Å². The summed E-state index contributed by atoms with van der Waals surface area (Å²) < 4.78 is 1.83. The fourth-order valence-electron chi connectivity index (χ4n) is 1.98. The molecule has 3 nitrogen and oxygen atoms in total. The molecule has 1 unspecified atom stereocenters. The fraction of sp³-hybridized carbons (Fsp3) is 0.769. The first-order chi connectivity index (χ1) is 7.76. The highest BCUT2D eigenvalue weighted by atomic mass is 15.3. The molecule has 0 saturated carbocycles. The van der Waals surface area contributed by atoms with Crippen LogP contribution in [0, 0.1) is 5.92 Å². The lowest BCUT2D eigenvalue weighted by Crippen LogP contribution is -2.08. The number of aromatic nitrogens is 2. The van der Waals surface area contributed by atoms with Gasteiger partial charge in [0.1, 0.15) is 0 Å². The van der Waals surface area contributed by atoms with E-state index in [1.165, 1.54) is 32.1 Å². The normalized spacial score (nSPS) is 12.7. The maximum absolute atomic E-state index is 4.14. The number of anilines is 1. The van der Waals surface area contributed by atoms with Gasteiger partial charge in [-0.3, -0.25) is 4.68 Å². The average Bonchev–Trinajstić information content (AvgIpc) is 2.69. The van der Waals surface area contributed by atoms with Crippen LogP contribution in [0.1, 0.15) is 46.0 Å². The van der Waals surface area contributed by atoms with Crippen molar-refractivity contribution in [2.45, 2.75) is 46.0 Å². The molecule has 1 heterocycles. The van der Waals surface area contributed by atoms with Gasteiger partial charge in [-0.25, -0.2) is 0 Å². The summed E-state index contributed by atoms with van der Waals surface area (Å²) in [6.07, 6.45) is 10.5. The van der Waals surface area contributed by atoms with Crippen LogP contribution >= 0.6 is 0 Å². The van der Waals surface area contributed by atoms with Gasteiger partial charge in [-0.15, -0.1) is 0 Å². The van der Waals surface area contributed by atoms with Gasteiger partial charge in [0, 0.05) is 19.8 Å². The molecule has 0 fully saturated rings. The molecule has 0 spiro atoms. The second-order valence-corrected chi connectivity index (χ2v) is 4.53. The third-order valence-corrected chi connectivity index (χ3v) is 3.13. The largest absolute Gasteiger partial charge is 0.383 e. The van der Waals surface area contributed by atoms with Crippen molar-refractivity contribution in [3.05, 3.63) is 12.4 Å². The molecule has 1 rings (SSSR count). The number of aryl methyl sites for hydroxylation is 1. The second kappa shape index (κ2) is 7.31. The number of rotatable bonds is 8. The lowest BCUT2D eigenvalue weighted by Gasteiger charge is -2.14. The minimum Gasteiger partial charge on any atom is -0.383 e. The lowest BCUT2D eigenvalue weighted by atomic mass is 9.96. The molecule has 92 valence electrons. The van der Waals surface area contributed by atoms with Gasteiger partial charge in [0.2, 0.25) is 0 Å². The first-order valence-corrected chi connectivity index (χ1v) is 6.48. The van der Waals surface area contributed by atoms with Crippen LogP contribution < -0.4 is 5.32 Å². The minimum absolute atomic E-state index is 0.879. The zero-order chi connectivity index (χ0) is 11.8. The molecule has 0 radical (unpaired) electrons. The van der Waals surface area contributed by atoms with Gasteiger partial charge in [0.25, 0.3) is 0 Å². The zero-order valence-corrected chi connectivity index (χ0v) is 10.9. The molecule has 0 amide bonds. The topological polar surface area (TPSA) is 29.9 Å². The Kier molecular flexibility index (Phi) is 5.98. The molecule has 0 aliphatic carbocycles. The van der Waals surface area contributed by atoms with E-state index in [1.807, 2.05) is 24.1 Å². The van der Waals surface area contributed by atoms with Crippen LogP contribution in [0.5, 0.6) is 0 Å². The van der Waals surface area contributed by atoms with E-state index < -0.39 is 0 Å². The number of hydrogen-bond donors (Lipinski definition) is 1. The summed E-state index contributed by atoms with van der Waals surface area (Å²) in [4.78, 5) is 0. The Hall–Kier alpha value is -0.990. The van der Waals surface area contributed by atoms with E-state index in [2.05, 4.69) is 24.3 Å². The van der Waals surface area contributed by atoms with Crippen LogP contribution in [0.3, 0.4) is 0 Å². The van der Waals surface area contributed by atoms with E-state index in [4.69, 9.17) is 0 Å². The van der Waals surface area contributed by atoms with Gasteiger partial charge in [0.15, 0.2) is 0 Å². The SMILES string of the molecule is CCCCC(CC)CCNc1cnn(C)c1. The number of nitrogens with one attached hydrogen (secondary N) is 1. The highest BCUT2D eigenvalue weighted by Crippen LogP contribution is 2.16. The van der Waals surface area contributed by atoms with E-state index >= 15 is 0 Å². The summed E-state index contributed by atoms with van der Waals surface area (Å²) in [6.45, 7) is 5.62. The molecular weight excluding hydrogens is 198 g/mol. The standard InChI is InChI=1S/C13H25N3/c1-4-6-7-12(5-2)8-9-14-13-10-15-16(3)11-13/h10-12,14H,4-9H2,1-3H3. The summed E-state index contributed by atoms with van der Waals surface area (Å²) in [6, 6.07) is 0. The van der Waals surface area contributed by atoms with E-state index in [0.29, 0.717) is 0 Å². The molecule has 1 aromatic heterocycles. The Bertz CT molecular complexity index is 280. The molecular formula is C13H25N3. The number of nitrogens with zero attached hydrogens (tertiary/aromatic N) is 2. The van der Waals surface area contributed by atoms with Crippen LogP contribution in [0.2, 0.25) is 0 Å². The van der Waals surface area contributed by atoms with Crippen molar-refractivity contribution in [3.63, 3.8) is 0 Å². The first-order valence-electron chi connectivity index (χ1n) is 6.48. The average molecular weight is 223 g/mol. The summed E-state index contributed by atoms with van der Waals surface area (Å²) in [7, 11) is 1.95. The van der Waals surface area contributed by atoms with Gasteiger partial charge >= 0.3 is 0 Å². The monoisotopic (exact) mass is 223 g/mol. The third kappa shape index (κ3) is 4.69. The summed E-state index contributed by atoms with van der Waals surface area (Å²) in [5, 5.41) is 7.56. The zero-order valence-electron chi connectivity index (χ0n) is 10.9. The molecule has 3 heteroatoms. The Morgan fingerprint density at radius 1 is 1.38 bits per heavy atom. The first kappa shape index (κ1) is 13.1. The quantitative estimate of drug-likeness (QED) is 0.731. The van der Waals surface area contributed by atoms with E-state index in [-0.39, 0.29) is 0 Å². The lowest BCUT2D eigenvalue weighted by molar-refractivity contribution is 0.431. The van der Waals surface area contributed by atoms with Crippen molar-refractivity contribution in [1.29, 1.82) is 0 Å². The van der Waals surface area contributed by atoms with Gasteiger partial charge in [-0.05, 0) is 12.3 Å². The molecule has 0 aliphatic heterocycles. The molecule has 0 aliphatic rings. The predicted molar refractivity (Wildman–Crippen MR) is 69.6 cm³/mol. The molecule has 1 atom stereocenters. The van der Waals surface area contributed by atoms with Gasteiger partial charge in [-0.1, -0.05) is 39.5 Å².